The summed E-state index contributed by atoms with van der Waals surface area (Å²) in [7, 11) is 2.13. The van der Waals surface area contributed by atoms with Crippen LogP contribution in [0.2, 0.25) is 5.15 Å². The summed E-state index contributed by atoms with van der Waals surface area (Å²) in [5, 5.41) is 11.1. The van der Waals surface area contributed by atoms with Gasteiger partial charge >= 0.3 is 0 Å². The van der Waals surface area contributed by atoms with Crippen LogP contribution in [0.1, 0.15) is 20.3 Å². The number of halogens is 1. The fourth-order valence-corrected chi connectivity index (χ4v) is 1.42. The first kappa shape index (κ1) is 13.2. The standard InChI is InChI=1S/C11H19ClN4/c1-9(2)16(3)6-4-5-13-10-7-11(12)15-14-8-10/h7-9H,4-6H2,1-3H3,(H,13,15). The molecule has 0 aliphatic carbocycles. The van der Waals surface area contributed by atoms with Crippen LogP contribution in [0.3, 0.4) is 0 Å². The van der Waals surface area contributed by atoms with Gasteiger partial charge in [0.25, 0.3) is 0 Å². The van der Waals surface area contributed by atoms with Crippen molar-refractivity contribution in [3.05, 3.63) is 17.4 Å². The lowest BCUT2D eigenvalue weighted by Gasteiger charge is -2.20. The number of aromatic nitrogens is 2. The molecule has 0 saturated heterocycles. The van der Waals surface area contributed by atoms with Crippen molar-refractivity contribution in [2.45, 2.75) is 26.3 Å². The van der Waals surface area contributed by atoms with Crippen LogP contribution in [0, 0.1) is 0 Å². The van der Waals surface area contributed by atoms with Crippen LogP contribution in [-0.2, 0) is 0 Å². The summed E-state index contributed by atoms with van der Waals surface area (Å²) in [5.74, 6) is 0. The normalized spacial score (nSPS) is 11.1. The van der Waals surface area contributed by atoms with E-state index in [0.29, 0.717) is 11.2 Å². The van der Waals surface area contributed by atoms with Crippen LogP contribution in [0.25, 0.3) is 0 Å². The first-order chi connectivity index (χ1) is 7.59. The van der Waals surface area contributed by atoms with Crippen LogP contribution in [0.4, 0.5) is 5.69 Å². The second kappa shape index (κ2) is 6.66. The molecule has 0 bridgehead atoms. The molecule has 5 heteroatoms. The molecule has 1 N–H and O–H groups in total. The molecule has 0 atom stereocenters. The van der Waals surface area contributed by atoms with Crippen molar-refractivity contribution in [3.8, 4) is 0 Å². The van der Waals surface area contributed by atoms with Crippen molar-refractivity contribution in [2.75, 3.05) is 25.5 Å². The summed E-state index contributed by atoms with van der Waals surface area (Å²) in [4.78, 5) is 2.32. The van der Waals surface area contributed by atoms with Gasteiger partial charge in [0.1, 0.15) is 0 Å². The maximum atomic E-state index is 5.73. The minimum Gasteiger partial charge on any atom is -0.384 e. The average molecular weight is 243 g/mol. The summed E-state index contributed by atoms with van der Waals surface area (Å²) >= 11 is 5.73. The van der Waals surface area contributed by atoms with Crippen molar-refractivity contribution in [3.63, 3.8) is 0 Å². The van der Waals surface area contributed by atoms with E-state index in [2.05, 4.69) is 41.3 Å². The van der Waals surface area contributed by atoms with E-state index in [0.717, 1.165) is 25.2 Å². The van der Waals surface area contributed by atoms with Crippen LogP contribution in [0.5, 0.6) is 0 Å². The van der Waals surface area contributed by atoms with Crippen molar-refractivity contribution in [1.82, 2.24) is 15.1 Å². The molecule has 1 heterocycles. The topological polar surface area (TPSA) is 41.0 Å². The molecule has 0 aromatic carbocycles. The minimum absolute atomic E-state index is 0.421. The van der Waals surface area contributed by atoms with E-state index in [4.69, 9.17) is 11.6 Å². The number of rotatable bonds is 6. The molecule has 1 aromatic rings. The fraction of sp³-hybridized carbons (Fsp3) is 0.636. The molecule has 16 heavy (non-hydrogen) atoms. The lowest BCUT2D eigenvalue weighted by molar-refractivity contribution is 0.273. The SMILES string of the molecule is CC(C)N(C)CCCNc1cnnc(Cl)c1. The summed E-state index contributed by atoms with van der Waals surface area (Å²) in [6, 6.07) is 2.37. The highest BCUT2D eigenvalue weighted by molar-refractivity contribution is 6.29. The van der Waals surface area contributed by atoms with Gasteiger partial charge in [-0.1, -0.05) is 11.6 Å². The van der Waals surface area contributed by atoms with Crippen LogP contribution in [0.15, 0.2) is 12.3 Å². The van der Waals surface area contributed by atoms with E-state index in [9.17, 15) is 0 Å². The van der Waals surface area contributed by atoms with Gasteiger partial charge in [-0.15, -0.1) is 5.10 Å². The lowest BCUT2D eigenvalue weighted by atomic mass is 10.3. The molecule has 0 radical (unpaired) electrons. The van der Waals surface area contributed by atoms with Crippen molar-refractivity contribution in [2.24, 2.45) is 0 Å². The molecule has 4 nitrogen and oxygen atoms in total. The molecule has 0 amide bonds. The predicted molar refractivity (Wildman–Crippen MR) is 67.9 cm³/mol. The molecule has 0 unspecified atom stereocenters. The number of nitrogens with zero attached hydrogens (tertiary/aromatic N) is 3. The second-order valence-corrected chi connectivity index (χ2v) is 4.51. The molecular formula is C11H19ClN4. The van der Waals surface area contributed by atoms with Gasteiger partial charge in [0.2, 0.25) is 0 Å². The quantitative estimate of drug-likeness (QED) is 0.777. The van der Waals surface area contributed by atoms with E-state index in [1.165, 1.54) is 0 Å². The van der Waals surface area contributed by atoms with Gasteiger partial charge in [-0.05, 0) is 33.9 Å². The van der Waals surface area contributed by atoms with Gasteiger partial charge in [0.05, 0.1) is 11.9 Å². The third kappa shape index (κ3) is 4.77. The maximum absolute atomic E-state index is 5.73. The third-order valence-electron chi connectivity index (χ3n) is 2.52. The van der Waals surface area contributed by atoms with Crippen LogP contribution < -0.4 is 5.32 Å². The first-order valence-electron chi connectivity index (χ1n) is 5.52. The highest BCUT2D eigenvalue weighted by Gasteiger charge is 2.01. The Morgan fingerprint density at radius 2 is 2.25 bits per heavy atom. The largest absolute Gasteiger partial charge is 0.384 e. The molecule has 0 saturated carbocycles. The van der Waals surface area contributed by atoms with Gasteiger partial charge in [0, 0.05) is 18.7 Å². The zero-order chi connectivity index (χ0) is 12.0. The van der Waals surface area contributed by atoms with Gasteiger partial charge < -0.3 is 10.2 Å². The highest BCUT2D eigenvalue weighted by Crippen LogP contribution is 2.09. The molecule has 0 fully saturated rings. The Bertz CT molecular complexity index is 317. The van der Waals surface area contributed by atoms with Gasteiger partial charge in [0.15, 0.2) is 5.15 Å². The zero-order valence-corrected chi connectivity index (χ0v) is 10.8. The van der Waals surface area contributed by atoms with Crippen molar-refractivity contribution in [1.29, 1.82) is 0 Å². The summed E-state index contributed by atoms with van der Waals surface area (Å²) in [6.45, 7) is 6.38. The van der Waals surface area contributed by atoms with Gasteiger partial charge in [-0.3, -0.25) is 0 Å². The molecule has 1 aromatic heterocycles. The third-order valence-corrected chi connectivity index (χ3v) is 2.71. The molecule has 0 aliphatic rings. The van der Waals surface area contributed by atoms with Crippen molar-refractivity contribution < 1.29 is 0 Å². The van der Waals surface area contributed by atoms with E-state index in [1.54, 1.807) is 12.3 Å². The van der Waals surface area contributed by atoms with Crippen LogP contribution in [-0.4, -0.2) is 41.3 Å². The molecule has 0 aliphatic heterocycles. The molecule has 1 rings (SSSR count). The van der Waals surface area contributed by atoms with Crippen LogP contribution >= 0.6 is 11.6 Å². The van der Waals surface area contributed by atoms with E-state index < -0.39 is 0 Å². The van der Waals surface area contributed by atoms with E-state index in [1.807, 2.05) is 0 Å². The fourth-order valence-electron chi connectivity index (χ4n) is 1.26. The average Bonchev–Trinajstić information content (AvgIpc) is 2.24. The molecule has 0 spiro atoms. The van der Waals surface area contributed by atoms with Gasteiger partial charge in [-0.2, -0.15) is 5.10 Å². The van der Waals surface area contributed by atoms with E-state index in [-0.39, 0.29) is 0 Å². The smallest absolute Gasteiger partial charge is 0.153 e. The lowest BCUT2D eigenvalue weighted by Crippen LogP contribution is -2.28. The second-order valence-electron chi connectivity index (χ2n) is 4.12. The van der Waals surface area contributed by atoms with Gasteiger partial charge in [-0.25, -0.2) is 0 Å². The highest BCUT2D eigenvalue weighted by atomic mass is 35.5. The van der Waals surface area contributed by atoms with Crippen molar-refractivity contribution >= 4 is 17.3 Å². The number of anilines is 1. The molecule has 90 valence electrons. The Morgan fingerprint density at radius 3 is 2.88 bits per heavy atom. The Morgan fingerprint density at radius 1 is 1.50 bits per heavy atom. The Kier molecular flexibility index (Phi) is 5.49. The Labute approximate surface area is 102 Å². The summed E-state index contributed by atoms with van der Waals surface area (Å²) < 4.78 is 0. The predicted octanol–water partition coefficient (Wildman–Crippen LogP) is 2.27. The monoisotopic (exact) mass is 242 g/mol. The number of nitrogens with one attached hydrogen (secondary N) is 1. The summed E-state index contributed by atoms with van der Waals surface area (Å²) in [6.07, 6.45) is 2.77. The molecular weight excluding hydrogens is 224 g/mol. The summed E-state index contributed by atoms with van der Waals surface area (Å²) in [5.41, 5.74) is 0.923. The zero-order valence-electron chi connectivity index (χ0n) is 10.1. The van der Waals surface area contributed by atoms with E-state index >= 15 is 0 Å². The number of hydrogen-bond acceptors (Lipinski definition) is 4. The maximum Gasteiger partial charge on any atom is 0.153 e. The first-order valence-corrected chi connectivity index (χ1v) is 5.89. The Balaban J connectivity index is 2.21. The number of hydrogen-bond donors (Lipinski definition) is 1. The Hall–Kier alpha value is -0.870. The minimum atomic E-state index is 0.421.